The van der Waals surface area contributed by atoms with Crippen LogP contribution >= 0.6 is 23.2 Å². The van der Waals surface area contributed by atoms with Crippen LogP contribution in [0, 0.1) is 0 Å². The Kier molecular flexibility index (Phi) is 8.58. The molecule has 0 aliphatic carbocycles. The van der Waals surface area contributed by atoms with Gasteiger partial charge in [-0.05, 0) is 31.1 Å². The van der Waals surface area contributed by atoms with Gasteiger partial charge in [-0.1, -0.05) is 23.2 Å². The fourth-order valence-corrected chi connectivity index (χ4v) is 3.38. The number of halogens is 5. The molecule has 1 aliphatic rings. The van der Waals surface area contributed by atoms with E-state index in [1.807, 2.05) is 0 Å². The van der Waals surface area contributed by atoms with Crippen molar-refractivity contribution in [1.82, 2.24) is 10.8 Å². The monoisotopic (exact) mass is 498 g/mol. The Balaban J connectivity index is 2.29. The number of alkyl halides is 3. The smallest absolute Gasteiger partial charge is 0.429 e. The number of esters is 1. The van der Waals surface area contributed by atoms with Crippen LogP contribution in [0.5, 0.6) is 5.75 Å². The molecule has 176 valence electrons. The number of amides is 1. The molecule has 1 unspecified atom stereocenters. The minimum atomic E-state index is -4.95. The maximum Gasteiger partial charge on any atom is 0.429 e. The van der Waals surface area contributed by atoms with Crippen LogP contribution in [0.2, 0.25) is 10.0 Å². The number of guanidine groups is 1. The molecular weight excluding hydrogens is 480 g/mol. The number of hydrogen-bond acceptors (Lipinski definition) is 6. The first kappa shape index (κ1) is 25.6. The first-order valence-corrected chi connectivity index (χ1v) is 9.76. The van der Waals surface area contributed by atoms with E-state index in [0.717, 1.165) is 13.2 Å². The summed E-state index contributed by atoms with van der Waals surface area (Å²) in [5.41, 5.74) is 6.15. The number of benzene rings is 1. The number of nitrogens with one attached hydrogen (secondary N) is 2. The predicted octanol–water partition coefficient (Wildman–Crippen LogP) is 2.43. The molecule has 2 rings (SSSR count). The summed E-state index contributed by atoms with van der Waals surface area (Å²) in [6.07, 6.45) is -6.45. The van der Waals surface area contributed by atoms with Crippen LogP contribution in [0.25, 0.3) is 6.08 Å². The topological polar surface area (TPSA) is 135 Å². The van der Waals surface area contributed by atoms with Gasteiger partial charge in [-0.25, -0.2) is 10.3 Å². The second kappa shape index (κ2) is 10.7. The third kappa shape index (κ3) is 6.40. The molecule has 0 radical (unpaired) electrons. The predicted molar refractivity (Wildman–Crippen MR) is 110 cm³/mol. The average molecular weight is 499 g/mol. The van der Waals surface area contributed by atoms with Gasteiger partial charge in [-0.3, -0.25) is 15.0 Å². The summed E-state index contributed by atoms with van der Waals surface area (Å²) < 4.78 is 50.5. The number of fused-ring (bicyclic) bond motifs is 1. The molecule has 1 heterocycles. The zero-order valence-electron chi connectivity index (χ0n) is 16.5. The first-order chi connectivity index (χ1) is 15.0. The lowest BCUT2D eigenvalue weighted by atomic mass is 9.99. The second-order valence-corrected chi connectivity index (χ2v) is 7.36. The van der Waals surface area contributed by atoms with Crippen molar-refractivity contribution in [1.29, 1.82) is 0 Å². The normalized spacial score (nSPS) is 16.9. The van der Waals surface area contributed by atoms with E-state index in [-0.39, 0.29) is 46.7 Å². The molecule has 14 heteroatoms. The quantitative estimate of drug-likeness (QED) is 0.149. The number of aliphatic imine (C=N–C) groups is 1. The number of carbonyl (C=O) groups excluding carboxylic acids is 2. The molecule has 0 aromatic heterocycles. The molecule has 32 heavy (non-hydrogen) atoms. The lowest BCUT2D eigenvalue weighted by Gasteiger charge is -2.29. The Morgan fingerprint density at radius 1 is 1.38 bits per heavy atom. The Morgan fingerprint density at radius 2 is 2.06 bits per heavy atom. The van der Waals surface area contributed by atoms with Crippen molar-refractivity contribution in [3.63, 3.8) is 0 Å². The van der Waals surface area contributed by atoms with Gasteiger partial charge in [-0.2, -0.15) is 13.2 Å². The van der Waals surface area contributed by atoms with Gasteiger partial charge in [0.25, 0.3) is 5.91 Å². The highest BCUT2D eigenvalue weighted by atomic mass is 35.5. The fraction of sp³-hybridized carbons (Fsp3) is 0.389. The van der Waals surface area contributed by atoms with Crippen LogP contribution in [0.4, 0.5) is 13.2 Å². The van der Waals surface area contributed by atoms with Gasteiger partial charge in [-0.15, -0.1) is 0 Å². The van der Waals surface area contributed by atoms with E-state index in [1.165, 1.54) is 12.1 Å². The first-order valence-electron chi connectivity index (χ1n) is 9.00. The van der Waals surface area contributed by atoms with Crippen molar-refractivity contribution in [3.8, 4) is 5.75 Å². The summed E-state index contributed by atoms with van der Waals surface area (Å²) >= 11 is 11.8. The standard InChI is InChI=1S/C18H19Cl2F3N4O5/c1-31-16(29)12(3-2-4-25-17(24)27-30)26-15(28)10-6-8-5-9(19)7-11(20)13(8)32-14(10)18(21,22)23/h5-7,12,14,30H,2-4H2,1H3,(H,26,28)(H3,24,25,27)/t12?,14-/m0/s1. The van der Waals surface area contributed by atoms with Crippen molar-refractivity contribution < 1.29 is 37.4 Å². The minimum absolute atomic E-state index is 0.0281. The summed E-state index contributed by atoms with van der Waals surface area (Å²) in [5, 5.41) is 10.8. The zero-order valence-corrected chi connectivity index (χ0v) is 18.0. The molecule has 5 N–H and O–H groups in total. The highest BCUT2D eigenvalue weighted by Gasteiger charge is 2.49. The van der Waals surface area contributed by atoms with Crippen molar-refractivity contribution in [2.45, 2.75) is 31.2 Å². The molecular formula is C18H19Cl2F3N4O5. The highest BCUT2D eigenvalue weighted by molar-refractivity contribution is 6.36. The van der Waals surface area contributed by atoms with Crippen LogP contribution in [0.3, 0.4) is 0 Å². The molecule has 1 amide bonds. The maximum atomic E-state index is 13.6. The number of nitrogens with two attached hydrogens (primary N) is 1. The molecule has 0 fully saturated rings. The number of methoxy groups -OCH3 is 1. The van der Waals surface area contributed by atoms with Crippen molar-refractivity contribution in [2.75, 3.05) is 13.7 Å². The van der Waals surface area contributed by atoms with E-state index < -0.39 is 35.8 Å². The van der Waals surface area contributed by atoms with Gasteiger partial charge in [0.05, 0.1) is 17.7 Å². The summed E-state index contributed by atoms with van der Waals surface area (Å²) in [7, 11) is 1.06. The number of rotatable bonds is 7. The number of carbonyl (C=O) groups is 2. The van der Waals surface area contributed by atoms with Crippen molar-refractivity contribution in [2.24, 2.45) is 10.7 Å². The number of nitrogens with zero attached hydrogens (tertiary/aromatic N) is 1. The fourth-order valence-electron chi connectivity index (χ4n) is 2.83. The Hall–Kier alpha value is -2.70. The van der Waals surface area contributed by atoms with E-state index in [2.05, 4.69) is 15.0 Å². The van der Waals surface area contributed by atoms with Gasteiger partial charge in [0.2, 0.25) is 12.1 Å². The molecule has 1 aromatic rings. The van der Waals surface area contributed by atoms with Gasteiger partial charge in [0, 0.05) is 17.1 Å². The van der Waals surface area contributed by atoms with Crippen LogP contribution in [0.1, 0.15) is 18.4 Å². The van der Waals surface area contributed by atoms with Crippen molar-refractivity contribution >= 4 is 47.1 Å². The van der Waals surface area contributed by atoms with E-state index in [1.54, 1.807) is 5.48 Å². The molecule has 0 spiro atoms. The van der Waals surface area contributed by atoms with E-state index >= 15 is 0 Å². The average Bonchev–Trinajstić information content (AvgIpc) is 2.73. The molecule has 0 bridgehead atoms. The van der Waals surface area contributed by atoms with Crippen LogP contribution < -0.4 is 21.3 Å². The second-order valence-electron chi connectivity index (χ2n) is 6.52. The van der Waals surface area contributed by atoms with Gasteiger partial charge in [0.15, 0.2) is 0 Å². The summed E-state index contributed by atoms with van der Waals surface area (Å²) in [4.78, 5) is 28.5. The Morgan fingerprint density at radius 3 is 2.66 bits per heavy atom. The van der Waals surface area contributed by atoms with E-state index in [4.69, 9.17) is 38.9 Å². The molecule has 9 nitrogen and oxygen atoms in total. The zero-order chi connectivity index (χ0) is 24.1. The van der Waals surface area contributed by atoms with E-state index in [0.29, 0.717) is 0 Å². The highest BCUT2D eigenvalue weighted by Crippen LogP contribution is 2.42. The third-order valence-electron chi connectivity index (χ3n) is 4.26. The maximum absolute atomic E-state index is 13.6. The molecule has 1 aromatic carbocycles. The summed E-state index contributed by atoms with van der Waals surface area (Å²) in [6, 6.07) is 1.23. The molecule has 0 saturated carbocycles. The Labute approximate surface area is 190 Å². The minimum Gasteiger partial charge on any atom is -0.474 e. The van der Waals surface area contributed by atoms with Crippen LogP contribution in [0.15, 0.2) is 22.7 Å². The summed E-state index contributed by atoms with van der Waals surface area (Å²) in [6.45, 7) is 0.0596. The molecule has 0 saturated heterocycles. The van der Waals surface area contributed by atoms with Crippen LogP contribution in [-0.2, 0) is 14.3 Å². The third-order valence-corrected chi connectivity index (χ3v) is 4.76. The van der Waals surface area contributed by atoms with Crippen LogP contribution in [-0.4, -0.2) is 55.0 Å². The van der Waals surface area contributed by atoms with Crippen molar-refractivity contribution in [3.05, 3.63) is 33.3 Å². The number of hydroxylamine groups is 1. The number of hydrogen-bond donors (Lipinski definition) is 4. The van der Waals surface area contributed by atoms with Gasteiger partial charge >= 0.3 is 12.1 Å². The Bertz CT molecular complexity index is 940. The van der Waals surface area contributed by atoms with Gasteiger partial charge in [0.1, 0.15) is 11.8 Å². The lowest BCUT2D eigenvalue weighted by Crippen LogP contribution is -2.48. The molecule has 1 aliphatic heterocycles. The molecule has 2 atom stereocenters. The number of ether oxygens (including phenoxy) is 2. The van der Waals surface area contributed by atoms with Gasteiger partial charge < -0.3 is 20.5 Å². The summed E-state index contributed by atoms with van der Waals surface area (Å²) in [5.74, 6) is -2.60. The SMILES string of the molecule is COC(=O)C(CCCN=C(N)NO)NC(=O)C1=Cc2cc(Cl)cc(Cl)c2O[C@@H]1C(F)(F)F. The lowest BCUT2D eigenvalue weighted by molar-refractivity contribution is -0.185. The largest absolute Gasteiger partial charge is 0.474 e. The van der Waals surface area contributed by atoms with E-state index in [9.17, 15) is 22.8 Å².